The lowest BCUT2D eigenvalue weighted by Crippen LogP contribution is -2.19. The van der Waals surface area contributed by atoms with Gasteiger partial charge in [-0.2, -0.15) is 5.26 Å². The second kappa shape index (κ2) is 8.64. The Labute approximate surface area is 125 Å². The van der Waals surface area contributed by atoms with Gasteiger partial charge in [-0.3, -0.25) is 4.79 Å². The second-order valence-electron chi connectivity index (χ2n) is 4.24. The number of benzene rings is 1. The van der Waals surface area contributed by atoms with Crippen molar-refractivity contribution in [2.24, 2.45) is 0 Å². The first-order valence-corrected chi connectivity index (χ1v) is 6.89. The Bertz CT molecular complexity index is 559. The van der Waals surface area contributed by atoms with Gasteiger partial charge in [0.05, 0.1) is 13.2 Å². The first-order valence-electron chi connectivity index (χ1n) is 6.89. The topological polar surface area (TPSA) is 71.3 Å². The Balaban J connectivity index is 3.10. The third kappa shape index (κ3) is 4.84. The van der Waals surface area contributed by atoms with Crippen LogP contribution in [0.3, 0.4) is 0 Å². The van der Waals surface area contributed by atoms with Crippen molar-refractivity contribution in [3.05, 3.63) is 29.3 Å². The van der Waals surface area contributed by atoms with Crippen LogP contribution in [0.1, 0.15) is 25.8 Å². The number of carbonyl (C=O) groups is 1. The lowest BCUT2D eigenvalue weighted by molar-refractivity contribution is -0.116. The Morgan fingerprint density at radius 3 is 2.67 bits per heavy atom. The molecule has 0 saturated heterocycles. The molecule has 0 bridgehead atoms. The predicted octanol–water partition coefficient (Wildman–Crippen LogP) is 2.53. The number of nitriles is 1. The third-order valence-electron chi connectivity index (χ3n) is 2.63. The van der Waals surface area contributed by atoms with Crippen LogP contribution in [0.15, 0.2) is 23.8 Å². The fraction of sp³-hybridized carbons (Fsp3) is 0.375. The van der Waals surface area contributed by atoms with E-state index < -0.39 is 5.91 Å². The molecule has 0 unspecified atom stereocenters. The zero-order valence-corrected chi connectivity index (χ0v) is 12.6. The number of rotatable bonds is 7. The van der Waals surface area contributed by atoms with Gasteiger partial charge in [0.25, 0.3) is 5.91 Å². The lowest BCUT2D eigenvalue weighted by atomic mass is 10.1. The van der Waals surface area contributed by atoms with Gasteiger partial charge in [-0.15, -0.1) is 0 Å². The number of amides is 1. The van der Waals surface area contributed by atoms with Gasteiger partial charge >= 0.3 is 0 Å². The first kappa shape index (κ1) is 16.6. The Kier molecular flexibility index (Phi) is 6.82. The maximum Gasteiger partial charge on any atom is 0.261 e. The molecule has 21 heavy (non-hydrogen) atoms. The summed E-state index contributed by atoms with van der Waals surface area (Å²) in [5, 5.41) is 11.4. The molecule has 1 aromatic rings. The van der Waals surface area contributed by atoms with Gasteiger partial charge in [0, 0.05) is 7.05 Å². The second-order valence-corrected chi connectivity index (χ2v) is 4.24. The number of nitrogens with one attached hydrogen (secondary N) is 1. The highest BCUT2D eigenvalue weighted by Gasteiger charge is 2.09. The summed E-state index contributed by atoms with van der Waals surface area (Å²) in [5.41, 5.74) is 0.754. The van der Waals surface area contributed by atoms with E-state index in [9.17, 15) is 4.79 Å². The van der Waals surface area contributed by atoms with E-state index in [-0.39, 0.29) is 5.57 Å². The molecule has 5 heteroatoms. The molecule has 5 nitrogen and oxygen atoms in total. The fourth-order valence-corrected chi connectivity index (χ4v) is 1.66. The molecule has 0 atom stereocenters. The first-order chi connectivity index (χ1) is 10.2. The summed E-state index contributed by atoms with van der Waals surface area (Å²) >= 11 is 0. The molecule has 1 N–H and O–H groups in total. The van der Waals surface area contributed by atoms with E-state index >= 15 is 0 Å². The normalized spacial score (nSPS) is 10.7. The van der Waals surface area contributed by atoms with Gasteiger partial charge < -0.3 is 14.8 Å². The summed E-state index contributed by atoms with van der Waals surface area (Å²) in [6.45, 7) is 5.03. The molecule has 0 radical (unpaired) electrons. The van der Waals surface area contributed by atoms with E-state index in [0.29, 0.717) is 30.3 Å². The average Bonchev–Trinajstić information content (AvgIpc) is 2.51. The number of hydrogen-bond donors (Lipinski definition) is 1. The van der Waals surface area contributed by atoms with Crippen molar-refractivity contribution < 1.29 is 14.3 Å². The molecule has 0 aliphatic heterocycles. The van der Waals surface area contributed by atoms with E-state index in [1.165, 1.54) is 13.1 Å². The molecule has 0 aromatic heterocycles. The SMILES string of the molecule is CCCOc1ccc(/C=C(/C#N)C(=O)NC)cc1OCC. The van der Waals surface area contributed by atoms with Gasteiger partial charge in [0.2, 0.25) is 0 Å². The summed E-state index contributed by atoms with van der Waals surface area (Å²) in [4.78, 5) is 11.5. The van der Waals surface area contributed by atoms with Crippen molar-refractivity contribution in [3.8, 4) is 17.6 Å². The lowest BCUT2D eigenvalue weighted by Gasteiger charge is -2.12. The van der Waals surface area contributed by atoms with Crippen LogP contribution in [-0.4, -0.2) is 26.2 Å². The molecule has 0 spiro atoms. The van der Waals surface area contributed by atoms with Crippen molar-refractivity contribution in [1.82, 2.24) is 5.32 Å². The zero-order chi connectivity index (χ0) is 15.7. The maximum absolute atomic E-state index is 11.5. The van der Waals surface area contributed by atoms with Crippen molar-refractivity contribution >= 4 is 12.0 Å². The van der Waals surface area contributed by atoms with Crippen LogP contribution in [0.4, 0.5) is 0 Å². The van der Waals surface area contributed by atoms with Crippen molar-refractivity contribution in [3.63, 3.8) is 0 Å². The zero-order valence-electron chi connectivity index (χ0n) is 12.6. The largest absolute Gasteiger partial charge is 0.490 e. The highest BCUT2D eigenvalue weighted by atomic mass is 16.5. The van der Waals surface area contributed by atoms with Crippen molar-refractivity contribution in [2.45, 2.75) is 20.3 Å². The highest BCUT2D eigenvalue weighted by Crippen LogP contribution is 2.29. The minimum Gasteiger partial charge on any atom is -0.490 e. The quantitative estimate of drug-likeness (QED) is 0.618. The third-order valence-corrected chi connectivity index (χ3v) is 2.63. The summed E-state index contributed by atoms with van der Waals surface area (Å²) in [6, 6.07) is 7.21. The summed E-state index contributed by atoms with van der Waals surface area (Å²) < 4.78 is 11.1. The smallest absolute Gasteiger partial charge is 0.261 e. The summed E-state index contributed by atoms with van der Waals surface area (Å²) in [5.74, 6) is 0.852. The molecule has 1 rings (SSSR count). The van der Waals surface area contributed by atoms with E-state index in [1.807, 2.05) is 19.9 Å². The standard InChI is InChI=1S/C16H20N2O3/c1-4-8-21-14-7-6-12(10-15(14)20-5-2)9-13(11-17)16(19)18-3/h6-7,9-10H,4-5,8H2,1-3H3,(H,18,19)/b13-9-. The molecule has 112 valence electrons. The Morgan fingerprint density at radius 2 is 2.10 bits per heavy atom. The van der Waals surface area contributed by atoms with Crippen LogP contribution in [0.5, 0.6) is 11.5 Å². The number of carbonyl (C=O) groups excluding carboxylic acids is 1. The Hall–Kier alpha value is -2.48. The molecular formula is C16H20N2O3. The molecule has 0 aliphatic carbocycles. The van der Waals surface area contributed by atoms with E-state index in [0.717, 1.165) is 6.42 Å². The van der Waals surface area contributed by atoms with Crippen LogP contribution in [0, 0.1) is 11.3 Å². The number of likely N-dealkylation sites (N-methyl/N-ethyl adjacent to an activating group) is 1. The van der Waals surface area contributed by atoms with Crippen molar-refractivity contribution in [2.75, 3.05) is 20.3 Å². The van der Waals surface area contributed by atoms with Gasteiger partial charge in [-0.1, -0.05) is 13.0 Å². The minimum absolute atomic E-state index is 0.0437. The fourth-order valence-electron chi connectivity index (χ4n) is 1.66. The molecule has 0 fully saturated rings. The maximum atomic E-state index is 11.5. The molecule has 1 amide bonds. The van der Waals surface area contributed by atoms with E-state index in [2.05, 4.69) is 5.32 Å². The van der Waals surface area contributed by atoms with E-state index in [4.69, 9.17) is 14.7 Å². The van der Waals surface area contributed by atoms with E-state index in [1.54, 1.807) is 18.2 Å². The highest BCUT2D eigenvalue weighted by molar-refractivity contribution is 6.01. The molecule has 0 saturated carbocycles. The molecule has 0 heterocycles. The average molecular weight is 288 g/mol. The number of ether oxygens (including phenoxy) is 2. The predicted molar refractivity (Wildman–Crippen MR) is 81.1 cm³/mol. The van der Waals surface area contributed by atoms with Gasteiger partial charge in [-0.25, -0.2) is 0 Å². The number of hydrogen-bond acceptors (Lipinski definition) is 4. The van der Waals surface area contributed by atoms with Crippen LogP contribution >= 0.6 is 0 Å². The monoisotopic (exact) mass is 288 g/mol. The van der Waals surface area contributed by atoms with Crippen LogP contribution < -0.4 is 14.8 Å². The van der Waals surface area contributed by atoms with Crippen LogP contribution in [-0.2, 0) is 4.79 Å². The molecule has 0 aliphatic rings. The van der Waals surface area contributed by atoms with Gasteiger partial charge in [0.15, 0.2) is 11.5 Å². The van der Waals surface area contributed by atoms with Gasteiger partial charge in [-0.05, 0) is 37.1 Å². The van der Waals surface area contributed by atoms with Crippen molar-refractivity contribution in [1.29, 1.82) is 5.26 Å². The molecular weight excluding hydrogens is 268 g/mol. The summed E-state index contributed by atoms with van der Waals surface area (Å²) in [7, 11) is 1.49. The minimum atomic E-state index is -0.415. The molecule has 1 aromatic carbocycles. The Morgan fingerprint density at radius 1 is 1.33 bits per heavy atom. The number of nitrogens with zero attached hydrogens (tertiary/aromatic N) is 1. The van der Waals surface area contributed by atoms with Crippen LogP contribution in [0.25, 0.3) is 6.08 Å². The van der Waals surface area contributed by atoms with Gasteiger partial charge in [0.1, 0.15) is 11.6 Å². The summed E-state index contributed by atoms with van der Waals surface area (Å²) in [6.07, 6.45) is 2.42. The van der Waals surface area contributed by atoms with Crippen LogP contribution in [0.2, 0.25) is 0 Å².